The molecule has 6 unspecified atom stereocenters. The molecular weight excluding hydrogens is 765 g/mol. The first kappa shape index (κ1) is 43.1. The van der Waals surface area contributed by atoms with Crippen LogP contribution in [0.3, 0.4) is 0 Å². The van der Waals surface area contributed by atoms with Crippen molar-refractivity contribution in [2.75, 3.05) is 39.4 Å². The van der Waals surface area contributed by atoms with E-state index in [1.165, 1.54) is 19.2 Å². The molecule has 11 nitrogen and oxygen atoms in total. The van der Waals surface area contributed by atoms with Crippen LogP contribution < -0.4 is 9.47 Å². The van der Waals surface area contributed by atoms with E-state index in [1.807, 2.05) is 43.3 Å². The number of fused-ring (bicyclic) bond motifs is 2. The predicted molar refractivity (Wildman–Crippen MR) is 219 cm³/mol. The number of unbranched alkanes of at least 4 members (excludes halogenated alkanes) is 2. The van der Waals surface area contributed by atoms with Crippen molar-refractivity contribution < 1.29 is 43.2 Å². The number of rotatable bonds is 20. The molecular formula is C45H55ClFN3O8. The molecule has 0 radical (unpaired) electrons. The van der Waals surface area contributed by atoms with Gasteiger partial charge in [-0.3, -0.25) is 9.88 Å². The van der Waals surface area contributed by atoms with Crippen LogP contribution in [0.5, 0.6) is 11.5 Å². The fraction of sp³-hybridized carbons (Fsp3) is 0.489. The van der Waals surface area contributed by atoms with Crippen LogP contribution in [0.1, 0.15) is 73.4 Å². The largest absolute Gasteiger partial charge is 0.487 e. The zero-order valence-corrected chi connectivity index (χ0v) is 34.1. The molecule has 2 heterocycles. The number of pyridine rings is 1. The Hall–Kier alpha value is -4.49. The molecule has 1 saturated carbocycles. The van der Waals surface area contributed by atoms with Crippen LogP contribution in [0, 0.1) is 30.5 Å². The van der Waals surface area contributed by atoms with Crippen LogP contribution in [-0.2, 0) is 27.5 Å². The number of alkyl halides is 1. The number of hydrogen-bond acceptors (Lipinski definition) is 10. The first-order chi connectivity index (χ1) is 28.3. The van der Waals surface area contributed by atoms with Crippen LogP contribution in [0.15, 0.2) is 90.1 Å². The molecule has 3 aliphatic rings. The number of allylic oxidation sites excluding steroid dienone is 1. The summed E-state index contributed by atoms with van der Waals surface area (Å²) in [6, 6.07) is 16.8. The zero-order valence-electron chi connectivity index (χ0n) is 33.4. The topological polar surface area (TPSA) is 132 Å². The van der Waals surface area contributed by atoms with Gasteiger partial charge in [0.1, 0.15) is 43.7 Å². The van der Waals surface area contributed by atoms with E-state index in [1.54, 1.807) is 23.1 Å². The molecule has 1 fully saturated rings. The minimum atomic E-state index is -1.50. The quantitative estimate of drug-likeness (QED) is 0.0501. The zero-order chi connectivity index (χ0) is 41.1. The molecule has 1 amide bonds. The lowest BCUT2D eigenvalue weighted by atomic mass is 9.55. The summed E-state index contributed by atoms with van der Waals surface area (Å²) in [4.78, 5) is 26.0. The molecule has 2 aliphatic carbocycles. The molecule has 13 heteroatoms. The Balaban J connectivity index is 1.56. The summed E-state index contributed by atoms with van der Waals surface area (Å²) in [5, 5.41) is 24.3. The number of benzene rings is 2. The Morgan fingerprint density at radius 2 is 1.88 bits per heavy atom. The highest BCUT2D eigenvalue weighted by atomic mass is 35.5. The number of aryl methyl sites for hydroxylation is 1. The summed E-state index contributed by atoms with van der Waals surface area (Å²) in [6.45, 7) is 6.47. The molecule has 3 aromatic rings. The van der Waals surface area contributed by atoms with Gasteiger partial charge in [-0.05, 0) is 98.0 Å². The highest BCUT2D eigenvalue weighted by Crippen LogP contribution is 2.62. The normalized spacial score (nSPS) is 23.9. The number of aliphatic hydroxyl groups excluding tert-OH is 2. The lowest BCUT2D eigenvalue weighted by molar-refractivity contribution is -0.256. The van der Waals surface area contributed by atoms with Crippen LogP contribution >= 0.6 is 11.6 Å². The van der Waals surface area contributed by atoms with Crippen molar-refractivity contribution in [3.8, 4) is 11.5 Å². The van der Waals surface area contributed by atoms with Crippen LogP contribution in [0.4, 0.5) is 9.18 Å². The minimum absolute atomic E-state index is 0.0262. The van der Waals surface area contributed by atoms with E-state index in [9.17, 15) is 19.4 Å². The van der Waals surface area contributed by atoms with E-state index in [4.69, 9.17) is 35.4 Å². The van der Waals surface area contributed by atoms with Crippen LogP contribution in [0.25, 0.3) is 0 Å². The SMILES string of the molecule is C=CCOC12Oc3ccc(OCc4cccc(C)n4)cc3C3C(CCCCO)C(CCCCO)C=C(C(=NOC)CC1N(Cc1ccc(F)cc1)C(=O)OCCCl)C32. The summed E-state index contributed by atoms with van der Waals surface area (Å²) >= 11 is 6.03. The average molecular weight is 820 g/mol. The molecule has 0 spiro atoms. The molecule has 6 atom stereocenters. The number of carbonyl (C=O) groups is 1. The maximum absolute atomic E-state index is 14.3. The molecule has 312 valence electrons. The third-order valence-electron chi connectivity index (χ3n) is 11.4. The fourth-order valence-corrected chi connectivity index (χ4v) is 9.06. The van der Waals surface area contributed by atoms with Crippen molar-refractivity contribution in [3.05, 3.63) is 113 Å². The number of carbonyl (C=O) groups excluding carboxylic acids is 1. The molecule has 6 rings (SSSR count). The van der Waals surface area contributed by atoms with Crippen molar-refractivity contribution in [1.82, 2.24) is 9.88 Å². The van der Waals surface area contributed by atoms with Gasteiger partial charge in [0.05, 0.1) is 29.8 Å². The number of oxime groups is 1. The Labute approximate surface area is 345 Å². The Kier molecular flexibility index (Phi) is 15.2. The second-order valence-electron chi connectivity index (χ2n) is 15.1. The Morgan fingerprint density at radius 1 is 1.10 bits per heavy atom. The number of aliphatic hydroxyl groups is 2. The summed E-state index contributed by atoms with van der Waals surface area (Å²) < 4.78 is 40.5. The fourth-order valence-electron chi connectivity index (χ4n) is 8.98. The standard InChI is InChI=1S/C45H55ClFN3O8/c1-4-23-57-45-41(50(44(53)55-24-20-46)28-31-14-16-33(47)17-15-31)27-39(49-54-3)37-25-32(11-5-7-21-51)36(13-6-8-22-52)42(43(37)45)38-26-35(18-19-40(38)58-45)56-29-34-12-9-10-30(2)48-34/h4,9-10,12,14-19,25-26,32,36,41-43,51-52H,1,5-8,11,13,20-24,27-29H2,2-3H3. The molecule has 2 aromatic carbocycles. The van der Waals surface area contributed by atoms with Crippen molar-refractivity contribution in [3.63, 3.8) is 0 Å². The summed E-state index contributed by atoms with van der Waals surface area (Å²) in [7, 11) is 1.50. The smallest absolute Gasteiger partial charge is 0.410 e. The van der Waals surface area contributed by atoms with E-state index in [0.717, 1.165) is 48.2 Å². The van der Waals surface area contributed by atoms with Gasteiger partial charge in [-0.15, -0.1) is 18.2 Å². The average Bonchev–Trinajstić information content (AvgIpc) is 3.23. The second-order valence-corrected chi connectivity index (χ2v) is 15.4. The second kappa shape index (κ2) is 20.5. The first-order valence-corrected chi connectivity index (χ1v) is 20.7. The maximum atomic E-state index is 14.3. The number of nitrogens with zero attached hydrogens (tertiary/aromatic N) is 3. The lowest BCUT2D eigenvalue weighted by Crippen LogP contribution is -2.70. The number of hydrogen-bond donors (Lipinski definition) is 2. The first-order valence-electron chi connectivity index (χ1n) is 20.2. The van der Waals surface area contributed by atoms with Crippen molar-refractivity contribution >= 4 is 23.4 Å². The summed E-state index contributed by atoms with van der Waals surface area (Å²) in [6.07, 6.45) is 7.95. The van der Waals surface area contributed by atoms with Gasteiger partial charge in [-0.2, -0.15) is 0 Å². The van der Waals surface area contributed by atoms with E-state index in [2.05, 4.69) is 22.8 Å². The van der Waals surface area contributed by atoms with Gasteiger partial charge in [-0.25, -0.2) is 9.18 Å². The Morgan fingerprint density at radius 3 is 2.59 bits per heavy atom. The van der Waals surface area contributed by atoms with Crippen LogP contribution in [-0.4, -0.2) is 83.1 Å². The van der Waals surface area contributed by atoms with Gasteiger partial charge in [0.2, 0.25) is 5.79 Å². The minimum Gasteiger partial charge on any atom is -0.487 e. The van der Waals surface area contributed by atoms with Gasteiger partial charge in [-0.1, -0.05) is 48.3 Å². The van der Waals surface area contributed by atoms with E-state index < -0.39 is 29.7 Å². The molecule has 0 saturated heterocycles. The molecule has 2 N–H and O–H groups in total. The summed E-state index contributed by atoms with van der Waals surface area (Å²) in [5.41, 5.74) is 4.84. The Bertz CT molecular complexity index is 1910. The lowest BCUT2D eigenvalue weighted by Gasteiger charge is -2.59. The number of ether oxygens (including phenoxy) is 4. The molecule has 1 aliphatic heterocycles. The van der Waals surface area contributed by atoms with Crippen molar-refractivity contribution in [2.45, 2.75) is 82.8 Å². The van der Waals surface area contributed by atoms with E-state index in [-0.39, 0.29) is 69.6 Å². The van der Waals surface area contributed by atoms with Crippen molar-refractivity contribution in [2.24, 2.45) is 22.9 Å². The third-order valence-corrected chi connectivity index (χ3v) is 11.5. The maximum Gasteiger partial charge on any atom is 0.410 e. The predicted octanol–water partition coefficient (Wildman–Crippen LogP) is 8.25. The number of halogens is 2. The number of amides is 1. The van der Waals surface area contributed by atoms with Gasteiger partial charge in [0.15, 0.2) is 0 Å². The molecule has 0 bridgehead atoms. The number of aromatic nitrogens is 1. The van der Waals surface area contributed by atoms with Gasteiger partial charge in [0, 0.05) is 43.4 Å². The highest BCUT2D eigenvalue weighted by molar-refractivity contribution is 6.18. The molecule has 58 heavy (non-hydrogen) atoms. The van der Waals surface area contributed by atoms with E-state index in [0.29, 0.717) is 35.6 Å². The van der Waals surface area contributed by atoms with Crippen molar-refractivity contribution in [1.29, 1.82) is 0 Å². The van der Waals surface area contributed by atoms with E-state index >= 15 is 0 Å². The van der Waals surface area contributed by atoms with Gasteiger partial charge >= 0.3 is 6.09 Å². The van der Waals surface area contributed by atoms with Gasteiger partial charge in [0.25, 0.3) is 0 Å². The summed E-state index contributed by atoms with van der Waals surface area (Å²) in [5.74, 6) is -1.25. The highest BCUT2D eigenvalue weighted by Gasteiger charge is 2.65. The van der Waals surface area contributed by atoms with Gasteiger partial charge < -0.3 is 34.0 Å². The van der Waals surface area contributed by atoms with Crippen LogP contribution in [0.2, 0.25) is 0 Å². The third kappa shape index (κ3) is 9.68. The molecule has 1 aromatic heterocycles. The monoisotopic (exact) mass is 819 g/mol.